The highest BCUT2D eigenvalue weighted by molar-refractivity contribution is 5.85. The monoisotopic (exact) mass is 313 g/mol. The van der Waals surface area contributed by atoms with Crippen molar-refractivity contribution in [1.82, 2.24) is 14.5 Å². The second-order valence-electron chi connectivity index (χ2n) is 5.57. The Labute approximate surface area is 133 Å². The Kier molecular flexibility index (Phi) is 4.16. The molecule has 0 saturated carbocycles. The van der Waals surface area contributed by atoms with Crippen molar-refractivity contribution < 1.29 is 9.84 Å². The SMILES string of the molecule is Cc1ncn(C[C@H](O)COc2cccc3[nH]ccc23)c(=O)c1C. The fourth-order valence-corrected chi connectivity index (χ4v) is 2.45. The van der Waals surface area contributed by atoms with Crippen LogP contribution in [0.3, 0.4) is 0 Å². The summed E-state index contributed by atoms with van der Waals surface area (Å²) in [5.41, 5.74) is 2.14. The van der Waals surface area contributed by atoms with E-state index >= 15 is 0 Å². The lowest BCUT2D eigenvalue weighted by atomic mass is 10.2. The van der Waals surface area contributed by atoms with Gasteiger partial charge < -0.3 is 14.8 Å². The number of nitrogens with zero attached hydrogens (tertiary/aromatic N) is 2. The summed E-state index contributed by atoms with van der Waals surface area (Å²) in [5, 5.41) is 11.1. The molecule has 0 aliphatic rings. The van der Waals surface area contributed by atoms with Gasteiger partial charge in [0, 0.05) is 28.4 Å². The van der Waals surface area contributed by atoms with Crippen LogP contribution in [0.15, 0.2) is 41.6 Å². The van der Waals surface area contributed by atoms with Crippen LogP contribution in [0, 0.1) is 13.8 Å². The molecule has 0 aliphatic carbocycles. The minimum atomic E-state index is -0.800. The Bertz CT molecular complexity index is 882. The van der Waals surface area contributed by atoms with Gasteiger partial charge in [0.25, 0.3) is 5.56 Å². The number of nitrogens with one attached hydrogen (secondary N) is 1. The van der Waals surface area contributed by atoms with Crippen LogP contribution < -0.4 is 10.3 Å². The molecule has 6 nitrogen and oxygen atoms in total. The van der Waals surface area contributed by atoms with Gasteiger partial charge in [-0.05, 0) is 32.0 Å². The maximum absolute atomic E-state index is 12.1. The highest BCUT2D eigenvalue weighted by Gasteiger charge is 2.11. The van der Waals surface area contributed by atoms with Crippen molar-refractivity contribution in [1.29, 1.82) is 0 Å². The molecule has 0 aliphatic heterocycles. The molecule has 2 heterocycles. The molecule has 0 amide bonds. The van der Waals surface area contributed by atoms with E-state index in [9.17, 15) is 9.90 Å². The zero-order valence-electron chi connectivity index (χ0n) is 13.1. The summed E-state index contributed by atoms with van der Waals surface area (Å²) in [6.07, 6.45) is 2.50. The van der Waals surface area contributed by atoms with Gasteiger partial charge in [0.05, 0.1) is 12.9 Å². The molecule has 0 unspecified atom stereocenters. The second-order valence-corrected chi connectivity index (χ2v) is 5.57. The topological polar surface area (TPSA) is 80.1 Å². The van der Waals surface area contributed by atoms with E-state index in [2.05, 4.69) is 9.97 Å². The number of hydrogen-bond donors (Lipinski definition) is 2. The average molecular weight is 313 g/mol. The van der Waals surface area contributed by atoms with Gasteiger partial charge in [0.1, 0.15) is 18.5 Å². The summed E-state index contributed by atoms with van der Waals surface area (Å²) in [4.78, 5) is 19.4. The molecule has 2 aromatic heterocycles. The minimum absolute atomic E-state index is 0.101. The van der Waals surface area contributed by atoms with Crippen LogP contribution in [0.2, 0.25) is 0 Å². The largest absolute Gasteiger partial charge is 0.490 e. The Morgan fingerprint density at radius 2 is 2.17 bits per heavy atom. The maximum atomic E-state index is 12.1. The van der Waals surface area contributed by atoms with Crippen molar-refractivity contribution in [3.05, 3.63) is 58.4 Å². The number of ether oxygens (including phenoxy) is 1. The molecule has 1 atom stereocenters. The first-order chi connectivity index (χ1) is 11.1. The average Bonchev–Trinajstić information content (AvgIpc) is 3.02. The Morgan fingerprint density at radius 3 is 3.00 bits per heavy atom. The molecule has 0 radical (unpaired) electrons. The van der Waals surface area contributed by atoms with Gasteiger partial charge >= 0.3 is 0 Å². The maximum Gasteiger partial charge on any atom is 0.256 e. The van der Waals surface area contributed by atoms with Crippen LogP contribution in [0.25, 0.3) is 10.9 Å². The summed E-state index contributed by atoms with van der Waals surface area (Å²) < 4.78 is 7.11. The summed E-state index contributed by atoms with van der Waals surface area (Å²) in [6, 6.07) is 7.62. The molecule has 1 aromatic carbocycles. The summed E-state index contributed by atoms with van der Waals surface area (Å²) in [6.45, 7) is 3.77. The van der Waals surface area contributed by atoms with E-state index < -0.39 is 6.10 Å². The van der Waals surface area contributed by atoms with Gasteiger partial charge in [-0.2, -0.15) is 0 Å². The van der Waals surface area contributed by atoms with Gasteiger partial charge in [-0.3, -0.25) is 9.36 Å². The Morgan fingerprint density at radius 1 is 1.35 bits per heavy atom. The first kappa shape index (κ1) is 15.3. The van der Waals surface area contributed by atoms with Gasteiger partial charge in [0.2, 0.25) is 0 Å². The molecule has 3 aromatic rings. The number of fused-ring (bicyclic) bond motifs is 1. The Balaban J connectivity index is 1.68. The predicted octanol–water partition coefficient (Wildman–Crippen LogP) is 1.78. The molecule has 0 saturated heterocycles. The second kappa shape index (κ2) is 6.26. The van der Waals surface area contributed by atoms with E-state index in [4.69, 9.17) is 4.74 Å². The molecular weight excluding hydrogens is 294 g/mol. The number of aliphatic hydroxyl groups excluding tert-OH is 1. The standard InChI is InChI=1S/C17H19N3O3/c1-11-12(2)19-10-20(17(11)22)8-13(21)9-23-16-5-3-4-15-14(16)6-7-18-15/h3-7,10,13,18,21H,8-9H2,1-2H3/t13-/m0/s1. The smallest absolute Gasteiger partial charge is 0.256 e. The zero-order valence-corrected chi connectivity index (χ0v) is 13.1. The Hall–Kier alpha value is -2.60. The van der Waals surface area contributed by atoms with E-state index in [-0.39, 0.29) is 18.7 Å². The number of H-pyrrole nitrogens is 1. The zero-order chi connectivity index (χ0) is 16.4. The van der Waals surface area contributed by atoms with Crippen LogP contribution >= 0.6 is 0 Å². The number of aliphatic hydroxyl groups is 1. The van der Waals surface area contributed by atoms with Crippen molar-refractivity contribution >= 4 is 10.9 Å². The van der Waals surface area contributed by atoms with E-state index in [0.29, 0.717) is 17.0 Å². The summed E-state index contributed by atoms with van der Waals surface area (Å²) in [7, 11) is 0. The minimum Gasteiger partial charge on any atom is -0.490 e. The van der Waals surface area contributed by atoms with Gasteiger partial charge in [-0.15, -0.1) is 0 Å². The van der Waals surface area contributed by atoms with Crippen LogP contribution in [0.5, 0.6) is 5.75 Å². The summed E-state index contributed by atoms with van der Waals surface area (Å²) >= 11 is 0. The number of rotatable bonds is 5. The van der Waals surface area contributed by atoms with E-state index in [1.54, 1.807) is 13.8 Å². The third kappa shape index (κ3) is 3.12. The third-order valence-corrected chi connectivity index (χ3v) is 3.91. The quantitative estimate of drug-likeness (QED) is 0.752. The molecule has 0 spiro atoms. The van der Waals surface area contributed by atoms with E-state index in [0.717, 1.165) is 10.9 Å². The van der Waals surface area contributed by atoms with Crippen LogP contribution in [0.4, 0.5) is 0 Å². The number of hydrogen-bond acceptors (Lipinski definition) is 4. The van der Waals surface area contributed by atoms with E-state index in [1.165, 1.54) is 10.9 Å². The molecule has 0 bridgehead atoms. The number of aromatic nitrogens is 3. The molecule has 3 rings (SSSR count). The molecule has 23 heavy (non-hydrogen) atoms. The lowest BCUT2D eigenvalue weighted by Crippen LogP contribution is -2.31. The van der Waals surface area contributed by atoms with Gasteiger partial charge in [0.15, 0.2) is 0 Å². The van der Waals surface area contributed by atoms with Crippen LogP contribution in [-0.4, -0.2) is 32.4 Å². The highest BCUT2D eigenvalue weighted by atomic mass is 16.5. The third-order valence-electron chi connectivity index (χ3n) is 3.91. The lowest BCUT2D eigenvalue weighted by molar-refractivity contribution is 0.0919. The lowest BCUT2D eigenvalue weighted by Gasteiger charge is -2.15. The number of benzene rings is 1. The van der Waals surface area contributed by atoms with Crippen molar-refractivity contribution in [2.45, 2.75) is 26.5 Å². The number of aromatic amines is 1. The fourth-order valence-electron chi connectivity index (χ4n) is 2.45. The van der Waals surface area contributed by atoms with Gasteiger partial charge in [-0.25, -0.2) is 4.98 Å². The van der Waals surface area contributed by atoms with Crippen molar-refractivity contribution in [2.24, 2.45) is 0 Å². The highest BCUT2D eigenvalue weighted by Crippen LogP contribution is 2.24. The van der Waals surface area contributed by atoms with Crippen molar-refractivity contribution in [2.75, 3.05) is 6.61 Å². The fraction of sp³-hybridized carbons (Fsp3) is 0.294. The van der Waals surface area contributed by atoms with Crippen LogP contribution in [-0.2, 0) is 6.54 Å². The molecule has 120 valence electrons. The van der Waals surface area contributed by atoms with Crippen LogP contribution in [0.1, 0.15) is 11.3 Å². The first-order valence-corrected chi connectivity index (χ1v) is 7.46. The molecular formula is C17H19N3O3. The molecule has 6 heteroatoms. The van der Waals surface area contributed by atoms with Crippen molar-refractivity contribution in [3.63, 3.8) is 0 Å². The van der Waals surface area contributed by atoms with Gasteiger partial charge in [-0.1, -0.05) is 6.07 Å². The normalized spacial score (nSPS) is 12.5. The first-order valence-electron chi connectivity index (χ1n) is 7.46. The molecule has 0 fully saturated rings. The van der Waals surface area contributed by atoms with Crippen molar-refractivity contribution in [3.8, 4) is 5.75 Å². The van der Waals surface area contributed by atoms with E-state index in [1.807, 2.05) is 30.5 Å². The predicted molar refractivity (Wildman–Crippen MR) is 87.8 cm³/mol. The summed E-state index contributed by atoms with van der Waals surface area (Å²) in [5.74, 6) is 0.702. The molecule has 2 N–H and O–H groups in total. The number of aryl methyl sites for hydroxylation is 1.